The molecule has 2 aromatic rings. The van der Waals surface area contributed by atoms with Gasteiger partial charge in [0.1, 0.15) is 18.2 Å². The van der Waals surface area contributed by atoms with E-state index in [1.54, 1.807) is 41.8 Å². The quantitative estimate of drug-likeness (QED) is 0.598. The summed E-state index contributed by atoms with van der Waals surface area (Å²) in [6.07, 6.45) is 1.17. The third kappa shape index (κ3) is 3.54. The summed E-state index contributed by atoms with van der Waals surface area (Å²) in [5.74, 6) is -0.580. The molecule has 2 saturated heterocycles. The Hall–Kier alpha value is -2.00. The van der Waals surface area contributed by atoms with Gasteiger partial charge in [0, 0.05) is 22.0 Å². The number of carbonyl (C=O) groups excluding carboxylic acids is 3. The van der Waals surface area contributed by atoms with Crippen molar-refractivity contribution in [1.82, 2.24) is 4.90 Å². The van der Waals surface area contributed by atoms with Crippen LogP contribution < -0.4 is 0 Å². The molecule has 1 amide bonds. The van der Waals surface area contributed by atoms with Crippen LogP contribution in [-0.4, -0.2) is 46.0 Å². The van der Waals surface area contributed by atoms with Gasteiger partial charge in [0.15, 0.2) is 0 Å². The summed E-state index contributed by atoms with van der Waals surface area (Å²) in [6.45, 7) is 3.75. The second-order valence-electron chi connectivity index (χ2n) is 7.14. The Balaban J connectivity index is 1.58. The fourth-order valence-electron chi connectivity index (χ4n) is 3.86. The molecule has 2 fully saturated rings. The number of amides is 1. The molecule has 1 aromatic carbocycles. The molecule has 2 atom stereocenters. The lowest BCUT2D eigenvalue weighted by Gasteiger charge is -2.29. The minimum atomic E-state index is -0.615. The number of thioether (sulfide) groups is 1. The Labute approximate surface area is 180 Å². The van der Waals surface area contributed by atoms with E-state index in [0.717, 1.165) is 10.9 Å². The molecule has 0 bridgehead atoms. The van der Waals surface area contributed by atoms with Gasteiger partial charge in [-0.3, -0.25) is 4.79 Å². The predicted molar refractivity (Wildman–Crippen MR) is 110 cm³/mol. The van der Waals surface area contributed by atoms with Crippen molar-refractivity contribution in [2.75, 3.05) is 12.4 Å². The van der Waals surface area contributed by atoms with Gasteiger partial charge in [-0.2, -0.15) is 0 Å². The second kappa shape index (κ2) is 7.68. The number of rotatable bonds is 5. The van der Waals surface area contributed by atoms with Crippen molar-refractivity contribution in [3.05, 3.63) is 34.0 Å². The lowest BCUT2D eigenvalue weighted by Crippen LogP contribution is -2.46. The van der Waals surface area contributed by atoms with Crippen LogP contribution in [0.4, 0.5) is 0 Å². The van der Waals surface area contributed by atoms with Crippen LogP contribution in [0.1, 0.15) is 42.8 Å². The lowest BCUT2D eigenvalue weighted by atomic mass is 10.1. The summed E-state index contributed by atoms with van der Waals surface area (Å²) in [6, 6.07) is 4.72. The van der Waals surface area contributed by atoms with Gasteiger partial charge in [0.25, 0.3) is 0 Å². The van der Waals surface area contributed by atoms with Gasteiger partial charge in [0.2, 0.25) is 11.7 Å². The zero-order valence-corrected chi connectivity index (χ0v) is 18.4. The smallest absolute Gasteiger partial charge is 0.374 e. The second-order valence-corrected chi connectivity index (χ2v) is 9.56. The van der Waals surface area contributed by atoms with Crippen molar-refractivity contribution in [3.63, 3.8) is 0 Å². The molecule has 0 saturated carbocycles. The van der Waals surface area contributed by atoms with E-state index in [0.29, 0.717) is 28.7 Å². The van der Waals surface area contributed by atoms with Gasteiger partial charge >= 0.3 is 11.9 Å². The van der Waals surface area contributed by atoms with Crippen LogP contribution in [0.3, 0.4) is 0 Å². The molecule has 2 aliphatic rings. The highest BCUT2D eigenvalue weighted by molar-refractivity contribution is 9.10. The Morgan fingerprint density at radius 3 is 2.93 bits per heavy atom. The molecule has 0 spiro atoms. The number of halogens is 1. The first-order valence-electron chi connectivity index (χ1n) is 9.35. The van der Waals surface area contributed by atoms with Crippen LogP contribution in [0.25, 0.3) is 11.0 Å². The normalized spacial score (nSPS) is 23.5. The molecular weight excluding hydrogens is 462 g/mol. The topological polar surface area (TPSA) is 86.0 Å². The number of benzene rings is 1. The number of ether oxygens (including phenoxy) is 2. The third-order valence-corrected chi connectivity index (χ3v) is 7.29. The van der Waals surface area contributed by atoms with E-state index in [4.69, 9.17) is 13.9 Å². The first kappa shape index (κ1) is 20.3. The number of furan rings is 1. The summed E-state index contributed by atoms with van der Waals surface area (Å²) in [5, 5.41) is 0.665. The van der Waals surface area contributed by atoms with Gasteiger partial charge in [-0.25, -0.2) is 9.59 Å². The van der Waals surface area contributed by atoms with Crippen molar-refractivity contribution in [1.29, 1.82) is 0 Å². The van der Waals surface area contributed by atoms with E-state index >= 15 is 0 Å². The molecule has 9 heteroatoms. The number of fused-ring (bicyclic) bond motifs is 2. The number of hydrogen-bond donors (Lipinski definition) is 0. The first-order valence-corrected chi connectivity index (χ1v) is 11.1. The van der Waals surface area contributed by atoms with E-state index in [9.17, 15) is 14.4 Å². The molecule has 2 aliphatic heterocycles. The molecule has 0 N–H and O–H groups in total. The molecule has 7 nitrogen and oxygen atoms in total. The van der Waals surface area contributed by atoms with E-state index in [-0.39, 0.29) is 29.8 Å². The van der Waals surface area contributed by atoms with Crippen LogP contribution in [0.2, 0.25) is 0 Å². The van der Waals surface area contributed by atoms with E-state index < -0.39 is 18.0 Å². The summed E-state index contributed by atoms with van der Waals surface area (Å²) >= 11 is 5.01. The van der Waals surface area contributed by atoms with E-state index in [1.807, 2.05) is 6.92 Å². The van der Waals surface area contributed by atoms with Crippen molar-refractivity contribution >= 4 is 56.5 Å². The number of nitrogens with zero attached hydrogens (tertiary/aromatic N) is 1. The molecule has 29 heavy (non-hydrogen) atoms. The zero-order chi connectivity index (χ0) is 20.8. The SMILES string of the molecule is CCOC(=O)c1oc2ccc(Br)cc2c1COC(=O)C1CSC2(C)CCC(=O)N12. The lowest BCUT2D eigenvalue weighted by molar-refractivity contribution is -0.154. The molecule has 154 valence electrons. The maximum Gasteiger partial charge on any atom is 0.374 e. The number of esters is 2. The first-order chi connectivity index (χ1) is 13.8. The maximum absolute atomic E-state index is 12.8. The van der Waals surface area contributed by atoms with Gasteiger partial charge in [0.05, 0.1) is 17.0 Å². The molecule has 2 unspecified atom stereocenters. The highest BCUT2D eigenvalue weighted by Crippen LogP contribution is 2.47. The molecule has 3 heterocycles. The van der Waals surface area contributed by atoms with Crippen molar-refractivity contribution in [3.8, 4) is 0 Å². The van der Waals surface area contributed by atoms with Crippen molar-refractivity contribution in [2.24, 2.45) is 0 Å². The third-order valence-electron chi connectivity index (χ3n) is 5.29. The molecule has 1 aromatic heterocycles. The number of carbonyl (C=O) groups is 3. The summed E-state index contributed by atoms with van der Waals surface area (Å²) in [7, 11) is 0. The fraction of sp³-hybridized carbons (Fsp3) is 0.450. The fourth-order valence-corrected chi connectivity index (χ4v) is 5.64. The Bertz CT molecular complexity index is 1000. The van der Waals surface area contributed by atoms with Crippen LogP contribution >= 0.6 is 27.7 Å². The number of hydrogen-bond acceptors (Lipinski definition) is 7. The van der Waals surface area contributed by atoms with Crippen molar-refractivity contribution in [2.45, 2.75) is 44.2 Å². The van der Waals surface area contributed by atoms with Gasteiger partial charge < -0.3 is 18.8 Å². The van der Waals surface area contributed by atoms with Gasteiger partial charge in [-0.15, -0.1) is 11.8 Å². The van der Waals surface area contributed by atoms with E-state index in [2.05, 4.69) is 15.9 Å². The summed E-state index contributed by atoms with van der Waals surface area (Å²) < 4.78 is 17.1. The van der Waals surface area contributed by atoms with Gasteiger partial charge in [-0.1, -0.05) is 15.9 Å². The summed E-state index contributed by atoms with van der Waals surface area (Å²) in [5.41, 5.74) is 0.954. The summed E-state index contributed by atoms with van der Waals surface area (Å²) in [4.78, 5) is 38.7. The van der Waals surface area contributed by atoms with Crippen molar-refractivity contribution < 1.29 is 28.3 Å². The average molecular weight is 482 g/mol. The minimum Gasteiger partial charge on any atom is -0.460 e. The maximum atomic E-state index is 12.8. The molecule has 0 radical (unpaired) electrons. The Kier molecular flexibility index (Phi) is 5.37. The van der Waals surface area contributed by atoms with Crippen LogP contribution in [-0.2, 0) is 25.7 Å². The van der Waals surface area contributed by atoms with Crippen LogP contribution in [0.5, 0.6) is 0 Å². The van der Waals surface area contributed by atoms with E-state index in [1.165, 1.54) is 0 Å². The highest BCUT2D eigenvalue weighted by atomic mass is 79.9. The standard InChI is InChI=1S/C20H20BrNO6S/c1-3-26-19(25)17-13(12-8-11(21)4-5-15(12)28-17)9-27-18(24)14-10-29-20(2)7-6-16(23)22(14)20/h4-5,8,14H,3,6-7,9-10H2,1-2H3. The largest absolute Gasteiger partial charge is 0.460 e. The zero-order valence-electron chi connectivity index (χ0n) is 16.0. The van der Waals surface area contributed by atoms with Crippen LogP contribution in [0, 0.1) is 0 Å². The molecule has 4 rings (SSSR count). The predicted octanol–water partition coefficient (Wildman–Crippen LogP) is 3.87. The Morgan fingerprint density at radius 2 is 2.17 bits per heavy atom. The Morgan fingerprint density at radius 1 is 1.38 bits per heavy atom. The minimum absolute atomic E-state index is 0.0237. The van der Waals surface area contributed by atoms with Gasteiger partial charge in [-0.05, 0) is 38.5 Å². The average Bonchev–Trinajstić information content (AvgIpc) is 3.31. The highest BCUT2D eigenvalue weighted by Gasteiger charge is 2.53. The molecular formula is C20H20BrNO6S. The molecule has 0 aliphatic carbocycles. The monoisotopic (exact) mass is 481 g/mol. The van der Waals surface area contributed by atoms with Crippen LogP contribution in [0.15, 0.2) is 27.1 Å².